The summed E-state index contributed by atoms with van der Waals surface area (Å²) in [6.07, 6.45) is 3.76. The van der Waals surface area contributed by atoms with Crippen molar-refractivity contribution in [3.8, 4) is 5.75 Å². The monoisotopic (exact) mass is 439 g/mol. The van der Waals surface area contributed by atoms with Crippen molar-refractivity contribution in [2.24, 2.45) is 11.1 Å². The summed E-state index contributed by atoms with van der Waals surface area (Å²) >= 11 is 0. The predicted octanol–water partition coefficient (Wildman–Crippen LogP) is 4.07. The van der Waals surface area contributed by atoms with Crippen LogP contribution in [0.4, 0.5) is 10.5 Å². The lowest BCUT2D eigenvalue weighted by atomic mass is 9.65. The fourth-order valence-corrected chi connectivity index (χ4v) is 4.77. The molecule has 1 fully saturated rings. The normalized spacial score (nSPS) is 23.0. The van der Waals surface area contributed by atoms with Gasteiger partial charge in [0.05, 0.1) is 5.69 Å². The Morgan fingerprint density at radius 1 is 1.00 bits per heavy atom. The van der Waals surface area contributed by atoms with Crippen molar-refractivity contribution < 1.29 is 19.4 Å². The van der Waals surface area contributed by atoms with E-state index in [9.17, 15) is 9.59 Å². The van der Waals surface area contributed by atoms with Crippen LogP contribution in [-0.2, 0) is 10.3 Å². The summed E-state index contributed by atoms with van der Waals surface area (Å²) in [7, 11) is 4.25. The molecule has 0 bridgehead atoms. The van der Waals surface area contributed by atoms with Gasteiger partial charge in [-0.15, -0.1) is 0 Å². The number of hydrogen-bond donors (Lipinski definition) is 2. The van der Waals surface area contributed by atoms with E-state index in [-0.39, 0.29) is 11.0 Å². The number of amides is 2. The third-order valence-electron chi connectivity index (χ3n) is 6.76. The number of benzene rings is 2. The molecule has 3 rings (SSSR count). The number of nitrogens with two attached hydrogens (primary N) is 1. The molecule has 1 saturated carbocycles. The van der Waals surface area contributed by atoms with Crippen molar-refractivity contribution in [2.45, 2.75) is 38.1 Å². The Labute approximate surface area is 189 Å². The molecular formula is C25H33N3O4. The Balaban J connectivity index is 1.82. The molecule has 0 unspecified atom stereocenters. The predicted molar refractivity (Wildman–Crippen MR) is 125 cm³/mol. The zero-order chi connectivity index (χ0) is 23.4. The van der Waals surface area contributed by atoms with Crippen molar-refractivity contribution in [2.75, 3.05) is 32.1 Å². The summed E-state index contributed by atoms with van der Waals surface area (Å²) in [5.41, 5.74) is 7.40. The van der Waals surface area contributed by atoms with E-state index in [2.05, 4.69) is 50.2 Å². The number of urea groups is 1. The Morgan fingerprint density at radius 2 is 1.59 bits per heavy atom. The molecule has 0 spiro atoms. The maximum absolute atomic E-state index is 12.4. The number of carboxylic acid groups (broad SMARTS) is 1. The number of primary amides is 1. The average molecular weight is 440 g/mol. The van der Waals surface area contributed by atoms with Crippen LogP contribution < -0.4 is 15.4 Å². The molecule has 32 heavy (non-hydrogen) atoms. The zero-order valence-corrected chi connectivity index (χ0v) is 19.1. The fourth-order valence-electron chi connectivity index (χ4n) is 4.77. The van der Waals surface area contributed by atoms with Crippen LogP contribution in [0.25, 0.3) is 0 Å². The molecule has 2 aromatic carbocycles. The highest BCUT2D eigenvalue weighted by Gasteiger charge is 2.44. The maximum atomic E-state index is 12.4. The Kier molecular flexibility index (Phi) is 7.09. The van der Waals surface area contributed by atoms with Crippen LogP contribution in [0.5, 0.6) is 5.75 Å². The van der Waals surface area contributed by atoms with Crippen molar-refractivity contribution in [1.82, 2.24) is 4.90 Å². The topological polar surface area (TPSA) is 96.1 Å². The average Bonchev–Trinajstić information content (AvgIpc) is 2.77. The van der Waals surface area contributed by atoms with Crippen LogP contribution in [0.15, 0.2) is 54.6 Å². The highest BCUT2D eigenvalue weighted by molar-refractivity contribution is 5.92. The zero-order valence-electron chi connectivity index (χ0n) is 19.1. The molecule has 172 valence electrons. The SMILES string of the molecule is CN(C)[C@]1(c2ccccc2)CC[C@@](C)(CN(C(N)=O)c2ccccc2OCC(=O)O)CC1. The first-order valence-corrected chi connectivity index (χ1v) is 10.9. The standard InChI is InChI=1S/C25H33N3O4/c1-24(13-15-25(16-14-24,27(2)3)19-9-5-4-6-10-19)18-28(23(26)31)20-11-7-8-12-21(20)32-17-22(29)30/h4-12H,13-18H2,1-3H3,(H2,26,31)(H,29,30)/t24-,25-. The Morgan fingerprint density at radius 3 is 2.16 bits per heavy atom. The molecule has 0 aromatic heterocycles. The van der Waals surface area contributed by atoms with Crippen LogP contribution in [0.2, 0.25) is 0 Å². The van der Waals surface area contributed by atoms with Gasteiger partial charge in [0.2, 0.25) is 0 Å². The number of aliphatic carboxylic acids is 1. The number of rotatable bonds is 8. The van der Waals surface area contributed by atoms with Gasteiger partial charge in [-0.1, -0.05) is 49.4 Å². The molecule has 0 saturated heterocycles. The van der Waals surface area contributed by atoms with E-state index < -0.39 is 18.6 Å². The summed E-state index contributed by atoms with van der Waals surface area (Å²) < 4.78 is 5.42. The molecule has 0 heterocycles. The summed E-state index contributed by atoms with van der Waals surface area (Å²) in [5, 5.41) is 8.97. The highest BCUT2D eigenvalue weighted by atomic mass is 16.5. The minimum Gasteiger partial charge on any atom is -0.480 e. The first-order valence-electron chi connectivity index (χ1n) is 10.9. The van der Waals surface area contributed by atoms with E-state index in [0.29, 0.717) is 18.0 Å². The molecule has 7 nitrogen and oxygen atoms in total. The maximum Gasteiger partial charge on any atom is 0.341 e. The van der Waals surface area contributed by atoms with Crippen LogP contribution in [0, 0.1) is 5.41 Å². The minimum atomic E-state index is -1.08. The lowest BCUT2D eigenvalue weighted by molar-refractivity contribution is -0.139. The number of anilines is 1. The fraction of sp³-hybridized carbons (Fsp3) is 0.440. The van der Waals surface area contributed by atoms with Crippen molar-refractivity contribution in [1.29, 1.82) is 0 Å². The van der Waals surface area contributed by atoms with Gasteiger partial charge in [0, 0.05) is 12.1 Å². The van der Waals surface area contributed by atoms with Crippen molar-refractivity contribution in [3.05, 3.63) is 60.2 Å². The summed E-state index contributed by atoms with van der Waals surface area (Å²) in [6.45, 7) is 2.14. The van der Waals surface area contributed by atoms with Gasteiger partial charge < -0.3 is 15.6 Å². The van der Waals surface area contributed by atoms with Crippen LogP contribution in [-0.4, -0.2) is 49.3 Å². The second kappa shape index (κ2) is 9.61. The van der Waals surface area contributed by atoms with E-state index in [0.717, 1.165) is 25.7 Å². The van der Waals surface area contributed by atoms with E-state index >= 15 is 0 Å². The van der Waals surface area contributed by atoms with Gasteiger partial charge in [0.25, 0.3) is 0 Å². The smallest absolute Gasteiger partial charge is 0.341 e. The molecular weight excluding hydrogens is 406 g/mol. The van der Waals surface area contributed by atoms with Gasteiger partial charge in [-0.2, -0.15) is 0 Å². The van der Waals surface area contributed by atoms with Gasteiger partial charge in [-0.25, -0.2) is 9.59 Å². The molecule has 0 aliphatic heterocycles. The second-order valence-corrected chi connectivity index (χ2v) is 9.18. The number of nitrogens with zero attached hydrogens (tertiary/aromatic N) is 2. The van der Waals surface area contributed by atoms with Crippen LogP contribution in [0.1, 0.15) is 38.2 Å². The van der Waals surface area contributed by atoms with Gasteiger partial charge in [-0.3, -0.25) is 9.80 Å². The Hall–Kier alpha value is -3.06. The summed E-state index contributed by atoms with van der Waals surface area (Å²) in [6, 6.07) is 16.9. The van der Waals surface area contributed by atoms with E-state index in [1.165, 1.54) is 10.5 Å². The molecule has 1 aliphatic rings. The first-order chi connectivity index (χ1) is 15.2. The minimum absolute atomic E-state index is 0.0408. The summed E-state index contributed by atoms with van der Waals surface area (Å²) in [5.74, 6) is -0.745. The molecule has 0 radical (unpaired) electrons. The van der Waals surface area contributed by atoms with Crippen molar-refractivity contribution >= 4 is 17.7 Å². The number of carbonyl (C=O) groups excluding carboxylic acids is 1. The largest absolute Gasteiger partial charge is 0.480 e. The third-order valence-corrected chi connectivity index (χ3v) is 6.76. The lowest BCUT2D eigenvalue weighted by Gasteiger charge is -2.50. The molecule has 3 N–H and O–H groups in total. The van der Waals surface area contributed by atoms with Gasteiger partial charge >= 0.3 is 12.0 Å². The van der Waals surface area contributed by atoms with Crippen LogP contribution >= 0.6 is 0 Å². The number of hydrogen-bond acceptors (Lipinski definition) is 4. The molecule has 2 aromatic rings. The second-order valence-electron chi connectivity index (χ2n) is 9.18. The number of carbonyl (C=O) groups is 2. The number of ether oxygens (including phenoxy) is 1. The number of carboxylic acids is 1. The number of para-hydroxylation sites is 2. The first kappa shape index (κ1) is 23.6. The Bertz CT molecular complexity index is 937. The highest BCUT2D eigenvalue weighted by Crippen LogP contribution is 2.48. The van der Waals surface area contributed by atoms with E-state index in [1.807, 2.05) is 6.07 Å². The molecule has 7 heteroatoms. The molecule has 1 aliphatic carbocycles. The summed E-state index contributed by atoms with van der Waals surface area (Å²) in [4.78, 5) is 27.2. The van der Waals surface area contributed by atoms with E-state index in [1.54, 1.807) is 24.3 Å². The lowest BCUT2D eigenvalue weighted by Crippen LogP contribution is -2.50. The van der Waals surface area contributed by atoms with Gasteiger partial charge in [0.1, 0.15) is 5.75 Å². The third kappa shape index (κ3) is 5.05. The molecule has 2 amide bonds. The van der Waals surface area contributed by atoms with Crippen molar-refractivity contribution in [3.63, 3.8) is 0 Å². The van der Waals surface area contributed by atoms with Crippen LogP contribution in [0.3, 0.4) is 0 Å². The van der Waals surface area contributed by atoms with Gasteiger partial charge in [-0.05, 0) is 62.9 Å². The molecule has 0 atom stereocenters. The van der Waals surface area contributed by atoms with Gasteiger partial charge in [0.15, 0.2) is 6.61 Å². The van der Waals surface area contributed by atoms with E-state index in [4.69, 9.17) is 15.6 Å². The quantitative estimate of drug-likeness (QED) is 0.646.